The van der Waals surface area contributed by atoms with Crippen LogP contribution < -0.4 is 5.32 Å². The summed E-state index contributed by atoms with van der Waals surface area (Å²) in [6.07, 6.45) is 2.77. The van der Waals surface area contributed by atoms with Gasteiger partial charge in [-0.1, -0.05) is 18.5 Å². The van der Waals surface area contributed by atoms with E-state index in [1.54, 1.807) is 17.5 Å². The van der Waals surface area contributed by atoms with Gasteiger partial charge in [-0.25, -0.2) is 4.98 Å². The number of hydrogen-bond acceptors (Lipinski definition) is 4. The molecule has 2 heterocycles. The van der Waals surface area contributed by atoms with E-state index in [0.717, 1.165) is 30.9 Å². The maximum atomic E-state index is 6.27. The molecular weight excluding hydrogens is 268 g/mol. The standard InChI is InChI=1S/C12H17ClN4S/c1-3-5-14-11(10-7-18-8-15-10)12-9(13)6-16-17(12)4-2/h6-8,11,14H,3-5H2,1-2H3. The van der Waals surface area contributed by atoms with Crippen LogP contribution in [0.3, 0.4) is 0 Å². The highest BCUT2D eigenvalue weighted by atomic mass is 35.5. The zero-order valence-electron chi connectivity index (χ0n) is 10.6. The molecule has 0 radical (unpaired) electrons. The third-order valence-corrected chi connectivity index (χ3v) is 3.65. The molecule has 0 aliphatic carbocycles. The predicted octanol–water partition coefficient (Wildman–Crippen LogP) is 3.10. The van der Waals surface area contributed by atoms with Gasteiger partial charge >= 0.3 is 0 Å². The van der Waals surface area contributed by atoms with E-state index in [4.69, 9.17) is 11.6 Å². The first-order valence-electron chi connectivity index (χ1n) is 6.10. The fraction of sp³-hybridized carbons (Fsp3) is 0.500. The lowest BCUT2D eigenvalue weighted by molar-refractivity contribution is 0.523. The van der Waals surface area contributed by atoms with E-state index >= 15 is 0 Å². The molecule has 0 bridgehead atoms. The maximum Gasteiger partial charge on any atom is 0.0945 e. The Morgan fingerprint density at radius 3 is 2.94 bits per heavy atom. The molecule has 0 aliphatic rings. The number of nitrogens with one attached hydrogen (secondary N) is 1. The van der Waals surface area contributed by atoms with E-state index in [0.29, 0.717) is 5.02 Å². The number of aromatic nitrogens is 3. The van der Waals surface area contributed by atoms with Gasteiger partial charge in [0.1, 0.15) is 0 Å². The lowest BCUT2D eigenvalue weighted by Crippen LogP contribution is -2.26. The Bertz CT molecular complexity index is 480. The Kier molecular flexibility index (Phi) is 4.74. The van der Waals surface area contributed by atoms with Crippen LogP contribution in [0.25, 0.3) is 0 Å². The summed E-state index contributed by atoms with van der Waals surface area (Å²) >= 11 is 7.86. The van der Waals surface area contributed by atoms with Crippen molar-refractivity contribution < 1.29 is 0 Å². The molecule has 2 aromatic rings. The molecule has 98 valence electrons. The Labute approximate surface area is 116 Å². The Morgan fingerprint density at radius 2 is 2.33 bits per heavy atom. The highest BCUT2D eigenvalue weighted by molar-refractivity contribution is 7.07. The van der Waals surface area contributed by atoms with Crippen molar-refractivity contribution in [3.63, 3.8) is 0 Å². The first-order valence-corrected chi connectivity index (χ1v) is 7.42. The van der Waals surface area contributed by atoms with Gasteiger partial charge in [-0.15, -0.1) is 11.3 Å². The predicted molar refractivity (Wildman–Crippen MR) is 75.2 cm³/mol. The summed E-state index contributed by atoms with van der Waals surface area (Å²) < 4.78 is 1.93. The van der Waals surface area contributed by atoms with Crippen molar-refractivity contribution in [1.82, 2.24) is 20.1 Å². The molecule has 1 N–H and O–H groups in total. The molecule has 0 fully saturated rings. The molecule has 0 aromatic carbocycles. The van der Waals surface area contributed by atoms with E-state index in [2.05, 4.69) is 34.6 Å². The largest absolute Gasteiger partial charge is 0.304 e. The lowest BCUT2D eigenvalue weighted by Gasteiger charge is -2.18. The topological polar surface area (TPSA) is 42.7 Å². The number of hydrogen-bond donors (Lipinski definition) is 1. The monoisotopic (exact) mass is 284 g/mol. The van der Waals surface area contributed by atoms with E-state index in [9.17, 15) is 0 Å². The van der Waals surface area contributed by atoms with Crippen LogP contribution in [0.2, 0.25) is 5.02 Å². The third kappa shape index (κ3) is 2.74. The van der Waals surface area contributed by atoms with Crippen LogP contribution in [-0.4, -0.2) is 21.3 Å². The summed E-state index contributed by atoms with van der Waals surface area (Å²) in [5, 5.41) is 10.5. The van der Waals surface area contributed by atoms with Crippen molar-refractivity contribution in [3.05, 3.63) is 33.5 Å². The van der Waals surface area contributed by atoms with Crippen molar-refractivity contribution in [2.75, 3.05) is 6.54 Å². The zero-order valence-corrected chi connectivity index (χ0v) is 12.1. The van der Waals surface area contributed by atoms with Crippen molar-refractivity contribution in [1.29, 1.82) is 0 Å². The average molecular weight is 285 g/mol. The molecule has 18 heavy (non-hydrogen) atoms. The smallest absolute Gasteiger partial charge is 0.0945 e. The highest BCUT2D eigenvalue weighted by Gasteiger charge is 2.22. The van der Waals surface area contributed by atoms with Crippen LogP contribution in [0.1, 0.15) is 37.7 Å². The minimum absolute atomic E-state index is 0.0196. The minimum atomic E-state index is 0.0196. The summed E-state index contributed by atoms with van der Waals surface area (Å²) in [6.45, 7) is 5.93. The van der Waals surface area contributed by atoms with E-state index in [1.807, 2.05) is 10.2 Å². The molecule has 0 saturated heterocycles. The first-order chi connectivity index (χ1) is 8.77. The zero-order chi connectivity index (χ0) is 13.0. The molecule has 2 aromatic heterocycles. The van der Waals surface area contributed by atoms with Gasteiger partial charge in [-0.3, -0.25) is 4.68 Å². The minimum Gasteiger partial charge on any atom is -0.304 e. The van der Waals surface area contributed by atoms with Gasteiger partial charge in [0, 0.05) is 11.9 Å². The molecule has 1 unspecified atom stereocenters. The van der Waals surface area contributed by atoms with Gasteiger partial charge in [0.05, 0.1) is 34.2 Å². The van der Waals surface area contributed by atoms with Crippen LogP contribution in [0.15, 0.2) is 17.1 Å². The Balaban J connectivity index is 2.36. The van der Waals surface area contributed by atoms with Gasteiger partial charge in [0.2, 0.25) is 0 Å². The van der Waals surface area contributed by atoms with Crippen LogP contribution in [0, 0.1) is 0 Å². The van der Waals surface area contributed by atoms with E-state index in [-0.39, 0.29) is 6.04 Å². The number of nitrogens with zero attached hydrogens (tertiary/aromatic N) is 3. The molecular formula is C12H17ClN4S. The van der Waals surface area contributed by atoms with Crippen LogP contribution in [0.5, 0.6) is 0 Å². The van der Waals surface area contributed by atoms with Crippen molar-refractivity contribution in [3.8, 4) is 0 Å². The van der Waals surface area contributed by atoms with Crippen molar-refractivity contribution in [2.24, 2.45) is 0 Å². The molecule has 0 saturated carbocycles. The second kappa shape index (κ2) is 6.31. The summed E-state index contributed by atoms with van der Waals surface area (Å²) in [4.78, 5) is 4.40. The van der Waals surface area contributed by atoms with Gasteiger partial charge in [-0.2, -0.15) is 5.10 Å². The fourth-order valence-electron chi connectivity index (χ4n) is 1.91. The molecule has 0 aliphatic heterocycles. The van der Waals surface area contributed by atoms with Crippen LogP contribution >= 0.6 is 22.9 Å². The highest BCUT2D eigenvalue weighted by Crippen LogP contribution is 2.28. The number of halogens is 1. The van der Waals surface area contributed by atoms with E-state index < -0.39 is 0 Å². The second-order valence-electron chi connectivity index (χ2n) is 3.99. The van der Waals surface area contributed by atoms with Gasteiger partial charge in [0.25, 0.3) is 0 Å². The van der Waals surface area contributed by atoms with Gasteiger partial charge in [-0.05, 0) is 19.9 Å². The molecule has 0 spiro atoms. The SMILES string of the molecule is CCCNC(c1cscn1)c1c(Cl)cnn1CC. The Hall–Kier alpha value is -0.910. The molecule has 1 atom stereocenters. The fourth-order valence-corrected chi connectivity index (χ4v) is 2.74. The molecule has 2 rings (SSSR count). The summed E-state index contributed by atoms with van der Waals surface area (Å²) in [6, 6.07) is 0.0196. The second-order valence-corrected chi connectivity index (χ2v) is 5.12. The van der Waals surface area contributed by atoms with Gasteiger partial charge in [0.15, 0.2) is 0 Å². The van der Waals surface area contributed by atoms with Crippen molar-refractivity contribution in [2.45, 2.75) is 32.9 Å². The van der Waals surface area contributed by atoms with Crippen LogP contribution in [0.4, 0.5) is 0 Å². The number of aryl methyl sites for hydroxylation is 1. The quantitative estimate of drug-likeness (QED) is 0.886. The molecule has 4 nitrogen and oxygen atoms in total. The summed E-state index contributed by atoms with van der Waals surface area (Å²) in [5.41, 5.74) is 3.85. The van der Waals surface area contributed by atoms with Crippen molar-refractivity contribution >= 4 is 22.9 Å². The number of rotatable bonds is 6. The van der Waals surface area contributed by atoms with Crippen LogP contribution in [-0.2, 0) is 6.54 Å². The average Bonchev–Trinajstić information content (AvgIpc) is 3.01. The number of thiazole rings is 1. The lowest BCUT2D eigenvalue weighted by atomic mass is 10.1. The molecule has 6 heteroatoms. The maximum absolute atomic E-state index is 6.27. The third-order valence-electron chi connectivity index (χ3n) is 2.75. The first kappa shape index (κ1) is 13.5. The molecule has 0 amide bonds. The van der Waals surface area contributed by atoms with E-state index in [1.165, 1.54) is 0 Å². The summed E-state index contributed by atoms with van der Waals surface area (Å²) in [7, 11) is 0. The Morgan fingerprint density at radius 1 is 1.50 bits per heavy atom. The van der Waals surface area contributed by atoms with Gasteiger partial charge < -0.3 is 5.32 Å². The summed E-state index contributed by atoms with van der Waals surface area (Å²) in [5.74, 6) is 0. The normalized spacial score (nSPS) is 12.8.